The minimum atomic E-state index is -0.00361. The Morgan fingerprint density at radius 1 is 0.969 bits per heavy atom. The Hall–Kier alpha value is -3.28. The molecule has 2 heterocycles. The maximum absolute atomic E-state index is 12.4. The van der Waals surface area contributed by atoms with E-state index in [9.17, 15) is 4.79 Å². The van der Waals surface area contributed by atoms with Gasteiger partial charge < -0.3 is 20.4 Å². The molecule has 0 aliphatic carbocycles. The maximum Gasteiger partial charge on any atom is 0.321 e. The number of anilines is 1. The number of amides is 2. The average molecular weight is 432 g/mol. The highest BCUT2D eigenvalue weighted by atomic mass is 16.2. The molecule has 0 spiro atoms. The van der Waals surface area contributed by atoms with Crippen molar-refractivity contribution in [1.82, 2.24) is 15.1 Å². The molecule has 168 valence electrons. The molecule has 0 saturated carbocycles. The highest BCUT2D eigenvalue weighted by Gasteiger charge is 2.19. The van der Waals surface area contributed by atoms with Gasteiger partial charge in [0.1, 0.15) is 0 Å². The van der Waals surface area contributed by atoms with Crippen molar-refractivity contribution >= 4 is 23.8 Å². The molecule has 6 nitrogen and oxygen atoms in total. The minimum absolute atomic E-state index is 0.00361. The number of rotatable bonds is 4. The van der Waals surface area contributed by atoms with Gasteiger partial charge in [-0.2, -0.15) is 0 Å². The summed E-state index contributed by atoms with van der Waals surface area (Å²) in [6.07, 6.45) is 6.60. The molecule has 0 bridgehead atoms. The quantitative estimate of drug-likeness (QED) is 0.551. The topological polar surface area (TPSA) is 60.0 Å². The number of likely N-dealkylation sites (tertiary alicyclic amines) is 2. The Balaban J connectivity index is 1.28. The first-order chi connectivity index (χ1) is 15.7. The van der Waals surface area contributed by atoms with Gasteiger partial charge in [0.05, 0.1) is 0 Å². The Kier molecular flexibility index (Phi) is 7.43. The molecule has 2 fully saturated rings. The summed E-state index contributed by atoms with van der Waals surface area (Å²) in [4.78, 5) is 21.0. The fraction of sp³-hybridized carbons (Fsp3) is 0.385. The van der Waals surface area contributed by atoms with E-state index in [0.29, 0.717) is 6.54 Å². The second kappa shape index (κ2) is 10.8. The van der Waals surface area contributed by atoms with E-state index in [1.165, 1.54) is 11.1 Å². The third-order valence-corrected chi connectivity index (χ3v) is 6.11. The van der Waals surface area contributed by atoms with Gasteiger partial charge in [0, 0.05) is 45.5 Å². The van der Waals surface area contributed by atoms with Gasteiger partial charge in [0.15, 0.2) is 5.96 Å². The second-order valence-corrected chi connectivity index (χ2v) is 8.43. The normalized spacial score (nSPS) is 16.8. The van der Waals surface area contributed by atoms with Crippen LogP contribution in [0.5, 0.6) is 0 Å². The van der Waals surface area contributed by atoms with Crippen LogP contribution >= 0.6 is 0 Å². The molecule has 2 saturated heterocycles. The number of carbonyl (C=O) groups excluding carboxylic acids is 1. The molecule has 0 atom stereocenters. The Morgan fingerprint density at radius 3 is 2.44 bits per heavy atom. The van der Waals surface area contributed by atoms with Crippen molar-refractivity contribution in [1.29, 1.82) is 0 Å². The Bertz CT molecular complexity index is 953. The van der Waals surface area contributed by atoms with Gasteiger partial charge in [-0.25, -0.2) is 4.79 Å². The lowest BCUT2D eigenvalue weighted by molar-refractivity contribution is 0.222. The predicted molar refractivity (Wildman–Crippen MR) is 132 cm³/mol. The number of piperidine rings is 1. The SMILES string of the molecule is CN=C(NCc1cccc(NC(=O)N2CCCC2)c1)N1CCC(=Cc2ccccc2)CC1. The molecule has 2 amide bonds. The number of nitrogens with zero attached hydrogens (tertiary/aromatic N) is 3. The number of hydrogen-bond donors (Lipinski definition) is 2. The lowest BCUT2D eigenvalue weighted by Crippen LogP contribution is -2.44. The first-order valence-corrected chi connectivity index (χ1v) is 11.6. The van der Waals surface area contributed by atoms with Crippen molar-refractivity contribution in [2.45, 2.75) is 32.2 Å². The zero-order valence-corrected chi connectivity index (χ0v) is 18.9. The van der Waals surface area contributed by atoms with E-state index in [4.69, 9.17) is 0 Å². The van der Waals surface area contributed by atoms with Crippen LogP contribution in [-0.4, -0.2) is 55.0 Å². The van der Waals surface area contributed by atoms with Crippen LogP contribution in [0, 0.1) is 0 Å². The summed E-state index contributed by atoms with van der Waals surface area (Å²) in [5.41, 5.74) is 4.72. The van der Waals surface area contributed by atoms with Crippen LogP contribution < -0.4 is 10.6 Å². The summed E-state index contributed by atoms with van der Waals surface area (Å²) in [5.74, 6) is 0.926. The molecule has 0 unspecified atom stereocenters. The van der Waals surface area contributed by atoms with Crippen molar-refractivity contribution in [2.75, 3.05) is 38.5 Å². The molecular weight excluding hydrogens is 398 g/mol. The maximum atomic E-state index is 12.4. The fourth-order valence-corrected chi connectivity index (χ4v) is 4.33. The molecule has 2 aromatic rings. The number of urea groups is 1. The van der Waals surface area contributed by atoms with Crippen molar-refractivity contribution in [2.24, 2.45) is 4.99 Å². The number of hydrogen-bond acceptors (Lipinski definition) is 2. The van der Waals surface area contributed by atoms with Crippen molar-refractivity contribution in [3.05, 3.63) is 71.3 Å². The lowest BCUT2D eigenvalue weighted by atomic mass is 10.0. The summed E-state index contributed by atoms with van der Waals surface area (Å²) >= 11 is 0. The predicted octanol–water partition coefficient (Wildman–Crippen LogP) is 4.57. The summed E-state index contributed by atoms with van der Waals surface area (Å²) in [7, 11) is 1.84. The number of aliphatic imine (C=N–C) groups is 1. The average Bonchev–Trinajstić information content (AvgIpc) is 3.37. The van der Waals surface area contributed by atoms with Gasteiger partial charge in [0.25, 0.3) is 0 Å². The minimum Gasteiger partial charge on any atom is -0.352 e. The molecule has 0 aromatic heterocycles. The Labute approximate surface area is 191 Å². The molecule has 6 heteroatoms. The highest BCUT2D eigenvalue weighted by Crippen LogP contribution is 2.20. The molecule has 32 heavy (non-hydrogen) atoms. The van der Waals surface area contributed by atoms with Crippen molar-refractivity contribution < 1.29 is 4.79 Å². The van der Waals surface area contributed by atoms with Gasteiger partial charge >= 0.3 is 6.03 Å². The molecule has 4 rings (SSSR count). The van der Waals surface area contributed by atoms with E-state index in [1.54, 1.807) is 0 Å². The van der Waals surface area contributed by atoms with E-state index >= 15 is 0 Å². The zero-order chi connectivity index (χ0) is 22.2. The van der Waals surface area contributed by atoms with Crippen LogP contribution in [0.1, 0.15) is 36.8 Å². The van der Waals surface area contributed by atoms with E-state index in [1.807, 2.05) is 30.1 Å². The van der Waals surface area contributed by atoms with Crippen LogP contribution in [0.2, 0.25) is 0 Å². The van der Waals surface area contributed by atoms with E-state index in [-0.39, 0.29) is 6.03 Å². The second-order valence-electron chi connectivity index (χ2n) is 8.43. The van der Waals surface area contributed by atoms with E-state index in [0.717, 1.165) is 69.1 Å². The van der Waals surface area contributed by atoms with Crippen molar-refractivity contribution in [3.8, 4) is 0 Å². The highest BCUT2D eigenvalue weighted by molar-refractivity contribution is 5.89. The smallest absolute Gasteiger partial charge is 0.321 e. The number of benzene rings is 2. The number of carbonyl (C=O) groups is 1. The number of nitrogens with one attached hydrogen (secondary N) is 2. The first-order valence-electron chi connectivity index (χ1n) is 11.6. The van der Waals surface area contributed by atoms with E-state index in [2.05, 4.69) is 63.0 Å². The molecular formula is C26H33N5O. The van der Waals surface area contributed by atoms with Crippen molar-refractivity contribution in [3.63, 3.8) is 0 Å². The summed E-state index contributed by atoms with van der Waals surface area (Å²) in [6.45, 7) is 4.29. The van der Waals surface area contributed by atoms with E-state index < -0.39 is 0 Å². The fourth-order valence-electron chi connectivity index (χ4n) is 4.33. The van der Waals surface area contributed by atoms with Gasteiger partial charge in [-0.05, 0) is 48.9 Å². The molecule has 2 aliphatic heterocycles. The standard InChI is InChI=1S/C26H33N5O/c1-27-25(30-16-12-22(13-17-30)18-21-8-3-2-4-9-21)28-20-23-10-7-11-24(19-23)29-26(32)31-14-5-6-15-31/h2-4,7-11,18-19H,5-6,12-17,20H2,1H3,(H,27,28)(H,29,32). The summed E-state index contributed by atoms with van der Waals surface area (Å²) < 4.78 is 0. The zero-order valence-electron chi connectivity index (χ0n) is 18.9. The molecule has 2 aliphatic rings. The van der Waals surface area contributed by atoms with Gasteiger partial charge in [-0.15, -0.1) is 0 Å². The van der Waals surface area contributed by atoms with Crippen LogP contribution in [-0.2, 0) is 6.54 Å². The third-order valence-electron chi connectivity index (χ3n) is 6.11. The van der Waals surface area contributed by atoms with Crippen LogP contribution in [0.4, 0.5) is 10.5 Å². The lowest BCUT2D eigenvalue weighted by Gasteiger charge is -2.31. The Morgan fingerprint density at radius 2 is 1.72 bits per heavy atom. The van der Waals surface area contributed by atoms with Gasteiger partial charge in [-0.1, -0.05) is 54.1 Å². The molecule has 2 aromatic carbocycles. The summed E-state index contributed by atoms with van der Waals surface area (Å²) in [5, 5.41) is 6.52. The number of guanidine groups is 1. The summed E-state index contributed by atoms with van der Waals surface area (Å²) in [6, 6.07) is 18.6. The van der Waals surface area contributed by atoms with Crippen LogP contribution in [0.15, 0.2) is 65.2 Å². The largest absolute Gasteiger partial charge is 0.352 e. The molecule has 0 radical (unpaired) electrons. The molecule has 2 N–H and O–H groups in total. The monoisotopic (exact) mass is 431 g/mol. The van der Waals surface area contributed by atoms with Gasteiger partial charge in [0.2, 0.25) is 0 Å². The van der Waals surface area contributed by atoms with Gasteiger partial charge in [-0.3, -0.25) is 4.99 Å². The first kappa shape index (κ1) is 21.9. The third kappa shape index (κ3) is 5.90. The van der Waals surface area contributed by atoms with Crippen LogP contribution in [0.3, 0.4) is 0 Å². The van der Waals surface area contributed by atoms with Crippen LogP contribution in [0.25, 0.3) is 6.08 Å².